The highest BCUT2D eigenvalue weighted by atomic mass is 16.5. The van der Waals surface area contributed by atoms with Crippen LogP contribution in [0.15, 0.2) is 24.3 Å². The number of likely N-dealkylation sites (N-methyl/N-ethyl adjacent to an activating group) is 1. The number of benzene rings is 1. The van der Waals surface area contributed by atoms with E-state index in [2.05, 4.69) is 37.1 Å². The van der Waals surface area contributed by atoms with Crippen LogP contribution in [0, 0.1) is 23.2 Å². The van der Waals surface area contributed by atoms with Gasteiger partial charge in [-0.05, 0) is 45.0 Å². The van der Waals surface area contributed by atoms with Crippen molar-refractivity contribution in [3.05, 3.63) is 35.4 Å². The highest BCUT2D eigenvalue weighted by Crippen LogP contribution is 2.78. The van der Waals surface area contributed by atoms with E-state index >= 15 is 0 Å². The number of fused-ring (bicyclic) bond motifs is 1. The van der Waals surface area contributed by atoms with Crippen molar-refractivity contribution in [3.8, 4) is 11.5 Å². The second-order valence-electron chi connectivity index (χ2n) is 10.1. The Balaban J connectivity index is 1.74. The van der Waals surface area contributed by atoms with Crippen LogP contribution in [-0.2, 0) is 30.9 Å². The Morgan fingerprint density at radius 3 is 2.59 bits per heavy atom. The molecule has 2 heterocycles. The van der Waals surface area contributed by atoms with E-state index in [4.69, 9.17) is 18.9 Å². The van der Waals surface area contributed by atoms with Gasteiger partial charge < -0.3 is 23.8 Å². The Kier molecular flexibility index (Phi) is 3.81. The fourth-order valence-corrected chi connectivity index (χ4v) is 8.45. The molecule has 2 fully saturated rings. The standard InChI is InChI=1S/C25H29NO6/c1-23-14-8-9-24(19(22(28)31-5)17(14)21(27)30-4)16-12-13-6-7-15(29-3)20(32-23)18(13)25(23,24)10-11-26(16)2/h6-9,14,16-17,19H,10-12H2,1-5H3/t14?,16?,17?,19?,23?,24?,25-/m0/s1. The van der Waals surface area contributed by atoms with Gasteiger partial charge in [0.15, 0.2) is 11.5 Å². The summed E-state index contributed by atoms with van der Waals surface area (Å²) >= 11 is 0. The van der Waals surface area contributed by atoms with E-state index in [1.807, 2.05) is 6.07 Å². The van der Waals surface area contributed by atoms with Crippen LogP contribution in [0.25, 0.3) is 0 Å². The summed E-state index contributed by atoms with van der Waals surface area (Å²) in [6.07, 6.45) is 5.92. The minimum atomic E-state index is -0.712. The molecule has 7 atom stereocenters. The monoisotopic (exact) mass is 439 g/mol. The molecule has 1 aromatic rings. The van der Waals surface area contributed by atoms with E-state index in [1.165, 1.54) is 19.8 Å². The lowest BCUT2D eigenvalue weighted by atomic mass is 9.32. The largest absolute Gasteiger partial charge is 0.493 e. The third-order valence-electron chi connectivity index (χ3n) is 9.50. The van der Waals surface area contributed by atoms with Crippen molar-refractivity contribution in [3.63, 3.8) is 0 Å². The first kappa shape index (κ1) is 20.1. The van der Waals surface area contributed by atoms with E-state index in [-0.39, 0.29) is 23.9 Å². The SMILES string of the molecule is COC(=O)C1C2C=CC3(C1C(=O)OC)C1Cc4ccc(OC)c5c4[C@@]3(CCN1C)C2(C)O5. The molecule has 7 rings (SSSR count). The van der Waals surface area contributed by atoms with Crippen LogP contribution in [0.1, 0.15) is 24.5 Å². The summed E-state index contributed by atoms with van der Waals surface area (Å²) in [7, 11) is 6.57. The van der Waals surface area contributed by atoms with Crippen LogP contribution >= 0.6 is 0 Å². The second-order valence-corrected chi connectivity index (χ2v) is 10.1. The molecule has 0 amide bonds. The molecule has 0 aromatic heterocycles. The van der Waals surface area contributed by atoms with Crippen LogP contribution in [0.3, 0.4) is 0 Å². The molecule has 4 bridgehead atoms. The van der Waals surface area contributed by atoms with Gasteiger partial charge in [-0.1, -0.05) is 18.2 Å². The lowest BCUT2D eigenvalue weighted by Crippen LogP contribution is -2.82. The molecule has 0 N–H and O–H groups in total. The smallest absolute Gasteiger partial charge is 0.310 e. The number of piperidine rings is 1. The van der Waals surface area contributed by atoms with Gasteiger partial charge in [0.2, 0.25) is 0 Å². The van der Waals surface area contributed by atoms with Crippen molar-refractivity contribution in [1.29, 1.82) is 0 Å². The summed E-state index contributed by atoms with van der Waals surface area (Å²) < 4.78 is 23.2. The van der Waals surface area contributed by atoms with Crippen molar-refractivity contribution >= 4 is 11.9 Å². The van der Waals surface area contributed by atoms with Crippen LogP contribution in [0.4, 0.5) is 0 Å². The lowest BCUT2D eigenvalue weighted by Gasteiger charge is -2.73. The maximum absolute atomic E-state index is 13.5. The number of carbonyl (C=O) groups is 2. The number of nitrogens with zero attached hydrogens (tertiary/aromatic N) is 1. The minimum Gasteiger partial charge on any atom is -0.493 e. The molecule has 1 saturated heterocycles. The molecule has 2 spiro atoms. The number of hydrogen-bond acceptors (Lipinski definition) is 7. The molecule has 1 saturated carbocycles. The number of likely N-dealkylation sites (tertiary alicyclic amines) is 1. The molecule has 0 radical (unpaired) electrons. The first-order chi connectivity index (χ1) is 15.3. The van der Waals surface area contributed by atoms with Crippen molar-refractivity contribution in [2.75, 3.05) is 34.9 Å². The van der Waals surface area contributed by atoms with Gasteiger partial charge in [-0.25, -0.2) is 0 Å². The zero-order chi connectivity index (χ0) is 22.6. The predicted octanol–water partition coefficient (Wildman–Crippen LogP) is 2.11. The quantitative estimate of drug-likeness (QED) is 0.528. The number of carbonyl (C=O) groups excluding carboxylic acids is 2. The zero-order valence-corrected chi connectivity index (χ0v) is 19.1. The molecule has 6 unspecified atom stereocenters. The molecule has 6 aliphatic rings. The normalized spacial score (nSPS) is 42.2. The summed E-state index contributed by atoms with van der Waals surface area (Å²) in [6, 6.07) is 4.15. The number of hydrogen-bond donors (Lipinski definition) is 0. The molecule has 1 aromatic carbocycles. The van der Waals surface area contributed by atoms with E-state index < -0.39 is 28.3 Å². The molecular weight excluding hydrogens is 410 g/mol. The van der Waals surface area contributed by atoms with Gasteiger partial charge in [0.05, 0.1) is 38.6 Å². The Hall–Kier alpha value is -2.54. The van der Waals surface area contributed by atoms with Crippen LogP contribution < -0.4 is 9.47 Å². The summed E-state index contributed by atoms with van der Waals surface area (Å²) in [4.78, 5) is 29.1. The topological polar surface area (TPSA) is 74.3 Å². The van der Waals surface area contributed by atoms with Gasteiger partial charge in [0.1, 0.15) is 5.60 Å². The molecule has 2 aliphatic heterocycles. The average molecular weight is 440 g/mol. The second kappa shape index (κ2) is 6.07. The van der Waals surface area contributed by atoms with E-state index in [0.29, 0.717) is 5.75 Å². The highest BCUT2D eigenvalue weighted by Gasteiger charge is 2.84. The van der Waals surface area contributed by atoms with Crippen molar-refractivity contribution < 1.29 is 28.5 Å². The number of rotatable bonds is 3. The first-order valence-corrected chi connectivity index (χ1v) is 11.3. The minimum absolute atomic E-state index is 0.0276. The van der Waals surface area contributed by atoms with Crippen LogP contribution in [0.2, 0.25) is 0 Å². The van der Waals surface area contributed by atoms with E-state index in [1.54, 1.807) is 7.11 Å². The third kappa shape index (κ3) is 1.80. The highest BCUT2D eigenvalue weighted by molar-refractivity contribution is 5.87. The first-order valence-electron chi connectivity index (χ1n) is 11.3. The van der Waals surface area contributed by atoms with Crippen molar-refractivity contribution in [1.82, 2.24) is 4.90 Å². The van der Waals surface area contributed by atoms with Gasteiger partial charge >= 0.3 is 11.9 Å². The predicted molar refractivity (Wildman–Crippen MR) is 115 cm³/mol. The Bertz CT molecular complexity index is 1080. The Labute approximate surface area is 187 Å². The number of methoxy groups -OCH3 is 3. The maximum Gasteiger partial charge on any atom is 0.310 e. The molecule has 4 aliphatic carbocycles. The van der Waals surface area contributed by atoms with E-state index in [0.717, 1.165) is 30.7 Å². The van der Waals surface area contributed by atoms with Gasteiger partial charge in [0.25, 0.3) is 0 Å². The number of ether oxygens (including phenoxy) is 4. The van der Waals surface area contributed by atoms with Gasteiger partial charge in [-0.2, -0.15) is 0 Å². The van der Waals surface area contributed by atoms with Crippen LogP contribution in [0.5, 0.6) is 11.5 Å². The molecule has 7 nitrogen and oxygen atoms in total. The molecule has 170 valence electrons. The maximum atomic E-state index is 13.5. The summed E-state index contributed by atoms with van der Waals surface area (Å²) in [5.74, 6) is -0.920. The molecule has 32 heavy (non-hydrogen) atoms. The number of esters is 2. The summed E-state index contributed by atoms with van der Waals surface area (Å²) in [6.45, 7) is 3.01. The van der Waals surface area contributed by atoms with Gasteiger partial charge in [0, 0.05) is 22.9 Å². The molecular formula is C25H29NO6. The Morgan fingerprint density at radius 2 is 1.91 bits per heavy atom. The third-order valence-corrected chi connectivity index (χ3v) is 9.50. The van der Waals surface area contributed by atoms with Crippen molar-refractivity contribution in [2.45, 2.75) is 36.8 Å². The van der Waals surface area contributed by atoms with E-state index in [9.17, 15) is 9.59 Å². The van der Waals surface area contributed by atoms with Crippen molar-refractivity contribution in [2.24, 2.45) is 23.2 Å². The summed E-state index contributed by atoms with van der Waals surface area (Å²) in [5.41, 5.74) is 0.579. The zero-order valence-electron chi connectivity index (χ0n) is 19.1. The Morgan fingerprint density at radius 1 is 1.16 bits per heavy atom. The van der Waals surface area contributed by atoms with Gasteiger partial charge in [-0.15, -0.1) is 0 Å². The summed E-state index contributed by atoms with van der Waals surface area (Å²) in [5, 5.41) is 0. The average Bonchev–Trinajstić information content (AvgIpc) is 3.09. The van der Waals surface area contributed by atoms with Crippen LogP contribution in [-0.4, -0.2) is 63.4 Å². The fraction of sp³-hybridized carbons (Fsp3) is 0.600. The van der Waals surface area contributed by atoms with Gasteiger partial charge in [-0.3, -0.25) is 9.59 Å². The fourth-order valence-electron chi connectivity index (χ4n) is 8.45. The molecule has 7 heteroatoms. The lowest BCUT2D eigenvalue weighted by molar-refractivity contribution is -0.226.